The van der Waals surface area contributed by atoms with Crippen LogP contribution in [-0.2, 0) is 14.3 Å². The molecule has 4 heteroatoms. The number of likely N-dealkylation sites (N-methyl/N-ethyl adjacent to an activating group) is 1. The van der Waals surface area contributed by atoms with Crippen molar-refractivity contribution in [2.75, 3.05) is 20.3 Å². The van der Waals surface area contributed by atoms with Gasteiger partial charge in [-0.05, 0) is 63.8 Å². The Labute approximate surface area is 129 Å². The highest BCUT2D eigenvalue weighted by Gasteiger charge is 2.51. The minimum atomic E-state index is -0.637. The molecule has 0 spiro atoms. The maximum atomic E-state index is 12.4. The minimum absolute atomic E-state index is 0.146. The van der Waals surface area contributed by atoms with Crippen molar-refractivity contribution in [2.24, 2.45) is 17.8 Å². The maximum absolute atomic E-state index is 12.4. The number of hydrogen-bond acceptors (Lipinski definition) is 4. The maximum Gasteiger partial charge on any atom is 0.329 e. The summed E-state index contributed by atoms with van der Waals surface area (Å²) in [7, 11) is 1.85. The first-order valence-corrected chi connectivity index (χ1v) is 8.51. The Morgan fingerprint density at radius 1 is 1.19 bits per heavy atom. The van der Waals surface area contributed by atoms with Gasteiger partial charge in [-0.2, -0.15) is 0 Å². The van der Waals surface area contributed by atoms with Gasteiger partial charge < -0.3 is 14.8 Å². The molecule has 0 aliphatic heterocycles. The molecular formula is C17H31NO3. The molecule has 0 radical (unpaired) electrons. The quantitative estimate of drug-likeness (QED) is 0.734. The molecule has 2 rings (SSSR count). The summed E-state index contributed by atoms with van der Waals surface area (Å²) in [5.74, 6) is 1.71. The second-order valence-corrected chi connectivity index (χ2v) is 6.92. The van der Waals surface area contributed by atoms with Crippen LogP contribution in [0.1, 0.15) is 52.9 Å². The van der Waals surface area contributed by atoms with Crippen LogP contribution in [0.25, 0.3) is 0 Å². The van der Waals surface area contributed by atoms with E-state index in [1.165, 1.54) is 6.42 Å². The third-order valence-electron chi connectivity index (χ3n) is 5.46. The second kappa shape index (κ2) is 7.10. The van der Waals surface area contributed by atoms with E-state index in [4.69, 9.17) is 9.47 Å². The van der Waals surface area contributed by atoms with E-state index in [-0.39, 0.29) is 12.1 Å². The SMILES string of the molecule is CCOC(=O)C(COC1CCC(C)C(C)C1)(NC)C1CC1. The fourth-order valence-electron chi connectivity index (χ4n) is 3.46. The third kappa shape index (κ3) is 3.78. The van der Waals surface area contributed by atoms with Gasteiger partial charge in [0.1, 0.15) is 5.54 Å². The van der Waals surface area contributed by atoms with Crippen molar-refractivity contribution in [3.05, 3.63) is 0 Å². The average molecular weight is 297 g/mol. The molecule has 0 heterocycles. The van der Waals surface area contributed by atoms with Crippen LogP contribution < -0.4 is 5.32 Å². The number of carbonyl (C=O) groups excluding carboxylic acids is 1. The van der Waals surface area contributed by atoms with Crippen molar-refractivity contribution < 1.29 is 14.3 Å². The molecule has 0 aromatic rings. The number of nitrogens with one attached hydrogen (secondary N) is 1. The molecule has 0 aromatic carbocycles. The van der Waals surface area contributed by atoms with Gasteiger partial charge in [-0.3, -0.25) is 0 Å². The van der Waals surface area contributed by atoms with Crippen molar-refractivity contribution in [1.29, 1.82) is 0 Å². The highest BCUT2D eigenvalue weighted by Crippen LogP contribution is 2.41. The Balaban J connectivity index is 1.94. The van der Waals surface area contributed by atoms with Crippen molar-refractivity contribution in [2.45, 2.75) is 64.5 Å². The standard InChI is InChI=1S/C17H31NO3/c1-5-20-16(19)17(18-4,14-7-8-14)11-21-15-9-6-12(2)13(3)10-15/h12-15,18H,5-11H2,1-4H3. The molecular weight excluding hydrogens is 266 g/mol. The summed E-state index contributed by atoms with van der Waals surface area (Å²) < 4.78 is 11.5. The third-order valence-corrected chi connectivity index (χ3v) is 5.46. The van der Waals surface area contributed by atoms with Crippen LogP contribution in [-0.4, -0.2) is 37.9 Å². The molecule has 2 aliphatic carbocycles. The van der Waals surface area contributed by atoms with Crippen molar-refractivity contribution in [3.63, 3.8) is 0 Å². The zero-order valence-corrected chi connectivity index (χ0v) is 14.0. The Bertz CT molecular complexity index is 356. The molecule has 4 atom stereocenters. The summed E-state index contributed by atoms with van der Waals surface area (Å²) in [6.45, 7) is 7.35. The molecule has 4 nitrogen and oxygen atoms in total. The van der Waals surface area contributed by atoms with Crippen LogP contribution in [0, 0.1) is 17.8 Å². The van der Waals surface area contributed by atoms with E-state index in [0.717, 1.165) is 31.6 Å². The molecule has 1 N–H and O–H groups in total. The average Bonchev–Trinajstić information content (AvgIpc) is 3.29. The Hall–Kier alpha value is -0.610. The van der Waals surface area contributed by atoms with E-state index in [1.807, 2.05) is 14.0 Å². The van der Waals surface area contributed by atoms with Crippen LogP contribution in [0.4, 0.5) is 0 Å². The van der Waals surface area contributed by atoms with Crippen LogP contribution >= 0.6 is 0 Å². The summed E-state index contributed by atoms with van der Waals surface area (Å²) >= 11 is 0. The van der Waals surface area contributed by atoms with Gasteiger partial charge >= 0.3 is 5.97 Å². The van der Waals surface area contributed by atoms with Crippen LogP contribution in [0.2, 0.25) is 0 Å². The number of ether oxygens (including phenoxy) is 2. The van der Waals surface area contributed by atoms with E-state index in [9.17, 15) is 4.79 Å². The zero-order chi connectivity index (χ0) is 15.5. The lowest BCUT2D eigenvalue weighted by molar-refractivity contribution is -0.157. The predicted molar refractivity (Wildman–Crippen MR) is 83.1 cm³/mol. The van der Waals surface area contributed by atoms with Crippen molar-refractivity contribution in [1.82, 2.24) is 5.32 Å². The number of esters is 1. The topological polar surface area (TPSA) is 47.6 Å². The largest absolute Gasteiger partial charge is 0.465 e. The van der Waals surface area contributed by atoms with Crippen LogP contribution in [0.5, 0.6) is 0 Å². The monoisotopic (exact) mass is 297 g/mol. The molecule has 2 fully saturated rings. The van der Waals surface area contributed by atoms with Gasteiger partial charge in [-0.15, -0.1) is 0 Å². The first kappa shape index (κ1) is 16.8. The molecule has 2 saturated carbocycles. The molecule has 0 saturated heterocycles. The summed E-state index contributed by atoms with van der Waals surface area (Å²) in [5.41, 5.74) is -0.637. The van der Waals surface area contributed by atoms with E-state index in [2.05, 4.69) is 19.2 Å². The normalized spacial score (nSPS) is 32.5. The zero-order valence-electron chi connectivity index (χ0n) is 14.0. The van der Waals surface area contributed by atoms with E-state index >= 15 is 0 Å². The van der Waals surface area contributed by atoms with E-state index in [0.29, 0.717) is 25.0 Å². The predicted octanol–water partition coefficient (Wildman–Crippen LogP) is 2.76. The lowest BCUT2D eigenvalue weighted by Gasteiger charge is -2.36. The molecule has 21 heavy (non-hydrogen) atoms. The first-order chi connectivity index (χ1) is 10.0. The fraction of sp³-hybridized carbons (Fsp3) is 0.941. The second-order valence-electron chi connectivity index (χ2n) is 6.92. The number of carbonyl (C=O) groups is 1. The van der Waals surface area contributed by atoms with Gasteiger partial charge in [0.15, 0.2) is 0 Å². The van der Waals surface area contributed by atoms with Gasteiger partial charge in [-0.25, -0.2) is 4.79 Å². The van der Waals surface area contributed by atoms with Crippen LogP contribution in [0.3, 0.4) is 0 Å². The highest BCUT2D eigenvalue weighted by molar-refractivity contribution is 5.82. The summed E-state index contributed by atoms with van der Waals surface area (Å²) in [5, 5.41) is 3.22. The van der Waals surface area contributed by atoms with Gasteiger partial charge in [0, 0.05) is 0 Å². The van der Waals surface area contributed by atoms with E-state index in [1.54, 1.807) is 0 Å². The lowest BCUT2D eigenvalue weighted by atomic mass is 9.80. The summed E-state index contributed by atoms with van der Waals surface area (Å²) in [6.07, 6.45) is 5.90. The van der Waals surface area contributed by atoms with Crippen molar-refractivity contribution >= 4 is 5.97 Å². The Kier molecular flexibility index (Phi) is 5.67. The first-order valence-electron chi connectivity index (χ1n) is 8.51. The van der Waals surface area contributed by atoms with Crippen LogP contribution in [0.15, 0.2) is 0 Å². The highest BCUT2D eigenvalue weighted by atomic mass is 16.5. The fourth-order valence-corrected chi connectivity index (χ4v) is 3.46. The molecule has 0 amide bonds. The number of hydrogen-bond donors (Lipinski definition) is 1. The van der Waals surface area contributed by atoms with Gasteiger partial charge in [0.2, 0.25) is 0 Å². The summed E-state index contributed by atoms with van der Waals surface area (Å²) in [6, 6.07) is 0. The minimum Gasteiger partial charge on any atom is -0.465 e. The molecule has 0 bridgehead atoms. The van der Waals surface area contributed by atoms with Gasteiger partial charge in [0.25, 0.3) is 0 Å². The van der Waals surface area contributed by atoms with Gasteiger partial charge in [0.05, 0.1) is 19.3 Å². The number of rotatable bonds is 7. The summed E-state index contributed by atoms with van der Waals surface area (Å²) in [4.78, 5) is 12.4. The Morgan fingerprint density at radius 3 is 2.43 bits per heavy atom. The molecule has 122 valence electrons. The smallest absolute Gasteiger partial charge is 0.329 e. The lowest BCUT2D eigenvalue weighted by Crippen LogP contribution is -2.57. The van der Waals surface area contributed by atoms with E-state index < -0.39 is 5.54 Å². The van der Waals surface area contributed by atoms with Gasteiger partial charge in [-0.1, -0.05) is 13.8 Å². The molecule has 4 unspecified atom stereocenters. The molecule has 0 aromatic heterocycles. The Morgan fingerprint density at radius 2 is 1.90 bits per heavy atom. The molecule has 2 aliphatic rings. The van der Waals surface area contributed by atoms with Crippen molar-refractivity contribution in [3.8, 4) is 0 Å².